The summed E-state index contributed by atoms with van der Waals surface area (Å²) in [6.45, 7) is 5.00. The molecule has 0 heterocycles. The Hall–Kier alpha value is -0.570. The van der Waals surface area contributed by atoms with Crippen molar-refractivity contribution >= 4 is 11.6 Å². The molecule has 2 nitrogen and oxygen atoms in total. The van der Waals surface area contributed by atoms with E-state index in [1.165, 1.54) is 0 Å². The molecule has 0 aliphatic rings. The van der Waals surface area contributed by atoms with Crippen molar-refractivity contribution in [1.29, 1.82) is 0 Å². The molecule has 0 aromatic heterocycles. The summed E-state index contributed by atoms with van der Waals surface area (Å²) in [7, 11) is 0. The number of aliphatic hydroxyl groups is 1. The van der Waals surface area contributed by atoms with Crippen molar-refractivity contribution in [2.75, 3.05) is 13.1 Å². The van der Waals surface area contributed by atoms with E-state index in [1.54, 1.807) is 13.8 Å². The molecule has 0 unspecified atom stereocenters. The molecule has 0 saturated carbocycles. The maximum atomic E-state index is 9.48. The van der Waals surface area contributed by atoms with Gasteiger partial charge in [-0.3, -0.25) is 0 Å². The molecule has 1 aromatic carbocycles. The Morgan fingerprint density at radius 2 is 2.00 bits per heavy atom. The largest absolute Gasteiger partial charge is 0.389 e. The van der Waals surface area contributed by atoms with Gasteiger partial charge in [0.2, 0.25) is 0 Å². The van der Waals surface area contributed by atoms with Gasteiger partial charge in [-0.25, -0.2) is 0 Å². The lowest BCUT2D eigenvalue weighted by atomic mass is 10.1. The van der Waals surface area contributed by atoms with Gasteiger partial charge >= 0.3 is 0 Å². The van der Waals surface area contributed by atoms with Crippen molar-refractivity contribution in [2.24, 2.45) is 0 Å². The number of nitrogens with one attached hydrogen (secondary N) is 1. The molecule has 0 amide bonds. The van der Waals surface area contributed by atoms with Crippen LogP contribution in [0.1, 0.15) is 19.4 Å². The molecule has 3 heteroatoms. The number of hydrogen-bond acceptors (Lipinski definition) is 2. The van der Waals surface area contributed by atoms with Gasteiger partial charge < -0.3 is 10.4 Å². The average Bonchev–Trinajstić information content (AvgIpc) is 2.13. The van der Waals surface area contributed by atoms with Crippen LogP contribution in [-0.2, 0) is 6.42 Å². The predicted molar refractivity (Wildman–Crippen MR) is 64.3 cm³/mol. The third kappa shape index (κ3) is 5.17. The molecule has 0 fully saturated rings. The minimum Gasteiger partial charge on any atom is -0.389 e. The maximum Gasteiger partial charge on any atom is 0.0715 e. The van der Waals surface area contributed by atoms with Gasteiger partial charge in [0.1, 0.15) is 0 Å². The summed E-state index contributed by atoms with van der Waals surface area (Å²) in [5.74, 6) is 0. The third-order valence-electron chi connectivity index (χ3n) is 2.09. The Balaban J connectivity index is 2.30. The molecular formula is C12H18ClNO. The van der Waals surface area contributed by atoms with Crippen molar-refractivity contribution in [3.05, 3.63) is 34.9 Å². The van der Waals surface area contributed by atoms with Crippen LogP contribution in [0, 0.1) is 0 Å². The Kier molecular flexibility index (Phi) is 4.58. The lowest BCUT2D eigenvalue weighted by Gasteiger charge is -2.17. The Morgan fingerprint density at radius 3 is 2.60 bits per heavy atom. The van der Waals surface area contributed by atoms with Crippen LogP contribution in [-0.4, -0.2) is 23.8 Å². The monoisotopic (exact) mass is 227 g/mol. The SMILES string of the molecule is CC(C)(O)CNCCc1ccccc1Cl. The molecule has 0 atom stereocenters. The lowest BCUT2D eigenvalue weighted by molar-refractivity contribution is 0.0801. The molecule has 0 radical (unpaired) electrons. The van der Waals surface area contributed by atoms with Crippen LogP contribution in [0.15, 0.2) is 24.3 Å². The van der Waals surface area contributed by atoms with Crippen LogP contribution in [0.25, 0.3) is 0 Å². The van der Waals surface area contributed by atoms with Gasteiger partial charge in [0.25, 0.3) is 0 Å². The lowest BCUT2D eigenvalue weighted by Crippen LogP contribution is -2.35. The molecular weight excluding hydrogens is 210 g/mol. The first-order valence-electron chi connectivity index (χ1n) is 5.15. The summed E-state index contributed by atoms with van der Waals surface area (Å²) in [6.07, 6.45) is 0.885. The second-order valence-electron chi connectivity index (χ2n) is 4.33. The molecule has 2 N–H and O–H groups in total. The summed E-state index contributed by atoms with van der Waals surface area (Å²) in [6, 6.07) is 7.83. The van der Waals surface area contributed by atoms with E-state index >= 15 is 0 Å². The van der Waals surface area contributed by atoms with Crippen LogP contribution in [0.3, 0.4) is 0 Å². The fraction of sp³-hybridized carbons (Fsp3) is 0.500. The molecule has 1 aromatic rings. The van der Waals surface area contributed by atoms with Gasteiger partial charge in [-0.1, -0.05) is 29.8 Å². The van der Waals surface area contributed by atoms with E-state index in [9.17, 15) is 5.11 Å². The summed E-state index contributed by atoms with van der Waals surface area (Å²) in [5.41, 5.74) is 0.489. The summed E-state index contributed by atoms with van der Waals surface area (Å²) >= 11 is 6.02. The zero-order chi connectivity index (χ0) is 11.3. The standard InChI is InChI=1S/C12H18ClNO/c1-12(2,15)9-14-8-7-10-5-3-4-6-11(10)13/h3-6,14-15H,7-9H2,1-2H3. The Bertz CT molecular complexity index is 307. The molecule has 0 saturated heterocycles. The summed E-state index contributed by atoms with van der Waals surface area (Å²) in [5, 5.41) is 13.5. The molecule has 1 rings (SSSR count). The van der Waals surface area contributed by atoms with E-state index in [2.05, 4.69) is 5.32 Å². The topological polar surface area (TPSA) is 32.3 Å². The van der Waals surface area contributed by atoms with E-state index in [0.29, 0.717) is 6.54 Å². The highest BCUT2D eigenvalue weighted by Gasteiger charge is 2.10. The highest BCUT2D eigenvalue weighted by molar-refractivity contribution is 6.31. The van der Waals surface area contributed by atoms with Crippen LogP contribution < -0.4 is 5.32 Å². The highest BCUT2D eigenvalue weighted by atomic mass is 35.5. The number of rotatable bonds is 5. The van der Waals surface area contributed by atoms with Crippen LogP contribution >= 0.6 is 11.6 Å². The minimum absolute atomic E-state index is 0.595. The van der Waals surface area contributed by atoms with Gasteiger partial charge in [0.15, 0.2) is 0 Å². The van der Waals surface area contributed by atoms with Crippen molar-refractivity contribution < 1.29 is 5.11 Å². The minimum atomic E-state index is -0.652. The smallest absolute Gasteiger partial charge is 0.0715 e. The summed E-state index contributed by atoms with van der Waals surface area (Å²) in [4.78, 5) is 0. The van der Waals surface area contributed by atoms with E-state index in [-0.39, 0.29) is 0 Å². The Morgan fingerprint density at radius 1 is 1.33 bits per heavy atom. The molecule has 0 spiro atoms. The van der Waals surface area contributed by atoms with Crippen molar-refractivity contribution in [3.8, 4) is 0 Å². The van der Waals surface area contributed by atoms with Gasteiger partial charge in [0, 0.05) is 11.6 Å². The molecule has 0 aliphatic heterocycles. The van der Waals surface area contributed by atoms with Gasteiger partial charge in [-0.15, -0.1) is 0 Å². The first-order chi connectivity index (χ1) is 6.99. The van der Waals surface area contributed by atoms with Gasteiger partial charge in [-0.05, 0) is 38.4 Å². The van der Waals surface area contributed by atoms with Crippen molar-refractivity contribution in [2.45, 2.75) is 25.9 Å². The number of halogens is 1. The van der Waals surface area contributed by atoms with Gasteiger partial charge in [-0.2, -0.15) is 0 Å². The molecule has 84 valence electrons. The predicted octanol–water partition coefficient (Wildman–Crippen LogP) is 2.24. The number of benzene rings is 1. The van der Waals surface area contributed by atoms with Crippen LogP contribution in [0.2, 0.25) is 5.02 Å². The molecule has 0 bridgehead atoms. The fourth-order valence-electron chi connectivity index (χ4n) is 1.32. The third-order valence-corrected chi connectivity index (χ3v) is 2.46. The second-order valence-corrected chi connectivity index (χ2v) is 4.74. The normalized spacial score (nSPS) is 11.7. The number of hydrogen-bond donors (Lipinski definition) is 2. The molecule has 15 heavy (non-hydrogen) atoms. The zero-order valence-corrected chi connectivity index (χ0v) is 10.0. The first-order valence-corrected chi connectivity index (χ1v) is 5.53. The van der Waals surface area contributed by atoms with E-state index in [4.69, 9.17) is 11.6 Å². The first kappa shape index (κ1) is 12.5. The highest BCUT2D eigenvalue weighted by Crippen LogP contribution is 2.14. The van der Waals surface area contributed by atoms with E-state index < -0.39 is 5.60 Å². The maximum absolute atomic E-state index is 9.48. The van der Waals surface area contributed by atoms with Gasteiger partial charge in [0.05, 0.1) is 5.60 Å². The molecule has 0 aliphatic carbocycles. The van der Waals surface area contributed by atoms with E-state index in [0.717, 1.165) is 23.6 Å². The Labute approximate surface area is 96.3 Å². The quantitative estimate of drug-likeness (QED) is 0.757. The fourth-order valence-corrected chi connectivity index (χ4v) is 1.55. The second kappa shape index (κ2) is 5.50. The van der Waals surface area contributed by atoms with Crippen LogP contribution in [0.5, 0.6) is 0 Å². The van der Waals surface area contributed by atoms with E-state index in [1.807, 2.05) is 24.3 Å². The van der Waals surface area contributed by atoms with Crippen molar-refractivity contribution in [3.63, 3.8) is 0 Å². The van der Waals surface area contributed by atoms with Crippen molar-refractivity contribution in [1.82, 2.24) is 5.32 Å². The summed E-state index contributed by atoms with van der Waals surface area (Å²) < 4.78 is 0. The average molecular weight is 228 g/mol. The zero-order valence-electron chi connectivity index (χ0n) is 9.26. The van der Waals surface area contributed by atoms with Crippen LogP contribution in [0.4, 0.5) is 0 Å².